The van der Waals surface area contributed by atoms with Gasteiger partial charge in [-0.3, -0.25) is 10.1 Å². The summed E-state index contributed by atoms with van der Waals surface area (Å²) in [6.07, 6.45) is 2.43. The number of hydrogen-bond donors (Lipinski definition) is 2. The van der Waals surface area contributed by atoms with Crippen LogP contribution in [-0.4, -0.2) is 40.3 Å². The van der Waals surface area contributed by atoms with Gasteiger partial charge >= 0.3 is 0 Å². The van der Waals surface area contributed by atoms with E-state index in [9.17, 15) is 4.79 Å². The number of anilines is 2. The maximum absolute atomic E-state index is 12.0. The van der Waals surface area contributed by atoms with Crippen molar-refractivity contribution in [1.29, 1.82) is 0 Å². The Morgan fingerprint density at radius 3 is 3.10 bits per heavy atom. The van der Waals surface area contributed by atoms with Gasteiger partial charge in [0.1, 0.15) is 10.7 Å². The van der Waals surface area contributed by atoms with Gasteiger partial charge in [0, 0.05) is 18.5 Å². The topological polar surface area (TPSA) is 89.0 Å². The zero-order chi connectivity index (χ0) is 14.7. The quantitative estimate of drug-likeness (QED) is 0.875. The number of nitrogens with zero attached hydrogens (tertiary/aromatic N) is 3. The molecule has 0 aromatic carbocycles. The van der Waals surface area contributed by atoms with Crippen LogP contribution in [0.2, 0.25) is 0 Å². The fourth-order valence-electron chi connectivity index (χ4n) is 1.97. The molecular weight excluding hydrogens is 310 g/mol. The summed E-state index contributed by atoms with van der Waals surface area (Å²) in [6, 6.07) is 0. The molecule has 0 spiro atoms. The SMILES string of the molecule is Cc1nnc(NC(=O)c2csc(NC[C@@H]3CCCO3)n2)s1. The normalized spacial score (nSPS) is 17.9. The monoisotopic (exact) mass is 325 g/mol. The zero-order valence-corrected chi connectivity index (χ0v) is 13.1. The number of rotatable bonds is 5. The van der Waals surface area contributed by atoms with E-state index >= 15 is 0 Å². The van der Waals surface area contributed by atoms with Crippen LogP contribution in [0.4, 0.5) is 10.3 Å². The third-order valence-corrected chi connectivity index (χ3v) is 4.54. The number of aromatic nitrogens is 3. The van der Waals surface area contributed by atoms with E-state index in [4.69, 9.17) is 4.74 Å². The number of amides is 1. The van der Waals surface area contributed by atoms with E-state index in [0.717, 1.165) is 36.1 Å². The fourth-order valence-corrected chi connectivity index (χ4v) is 3.26. The van der Waals surface area contributed by atoms with Crippen molar-refractivity contribution in [1.82, 2.24) is 15.2 Å². The van der Waals surface area contributed by atoms with Crippen molar-refractivity contribution in [3.63, 3.8) is 0 Å². The summed E-state index contributed by atoms with van der Waals surface area (Å²) in [4.78, 5) is 16.3. The lowest BCUT2D eigenvalue weighted by atomic mass is 10.2. The second-order valence-electron chi connectivity index (χ2n) is 4.63. The number of thiazole rings is 1. The first kappa shape index (κ1) is 14.4. The molecular formula is C12H15N5O2S2. The maximum Gasteiger partial charge on any atom is 0.277 e. The molecule has 1 aliphatic heterocycles. The Hall–Kier alpha value is -1.58. The number of carbonyl (C=O) groups is 1. The lowest BCUT2D eigenvalue weighted by Crippen LogP contribution is -2.18. The molecule has 0 saturated carbocycles. The predicted molar refractivity (Wildman–Crippen MR) is 82.2 cm³/mol. The molecule has 3 rings (SSSR count). The summed E-state index contributed by atoms with van der Waals surface area (Å²) in [5, 5.41) is 17.3. The van der Waals surface area contributed by atoms with Crippen molar-refractivity contribution in [2.24, 2.45) is 0 Å². The van der Waals surface area contributed by atoms with E-state index in [1.807, 2.05) is 6.92 Å². The van der Waals surface area contributed by atoms with E-state index in [1.165, 1.54) is 22.7 Å². The summed E-state index contributed by atoms with van der Waals surface area (Å²) >= 11 is 2.74. The van der Waals surface area contributed by atoms with Gasteiger partial charge in [0.2, 0.25) is 5.13 Å². The molecule has 2 aromatic heterocycles. The van der Waals surface area contributed by atoms with Gasteiger partial charge in [-0.2, -0.15) is 0 Å². The molecule has 3 heterocycles. The first-order valence-corrected chi connectivity index (χ1v) is 8.33. The molecule has 1 aliphatic rings. The van der Waals surface area contributed by atoms with Gasteiger partial charge < -0.3 is 10.1 Å². The first-order valence-electron chi connectivity index (χ1n) is 6.63. The highest BCUT2D eigenvalue weighted by molar-refractivity contribution is 7.15. The number of nitrogens with one attached hydrogen (secondary N) is 2. The van der Waals surface area contributed by atoms with Gasteiger partial charge in [0.05, 0.1) is 6.10 Å². The number of hydrogen-bond acceptors (Lipinski definition) is 8. The van der Waals surface area contributed by atoms with E-state index < -0.39 is 0 Å². The van der Waals surface area contributed by atoms with Crippen molar-refractivity contribution in [2.45, 2.75) is 25.9 Å². The highest BCUT2D eigenvalue weighted by Crippen LogP contribution is 2.20. The minimum Gasteiger partial charge on any atom is -0.376 e. The van der Waals surface area contributed by atoms with E-state index in [2.05, 4.69) is 25.8 Å². The molecule has 0 bridgehead atoms. The largest absolute Gasteiger partial charge is 0.376 e. The lowest BCUT2D eigenvalue weighted by molar-refractivity contribution is 0.102. The second-order valence-corrected chi connectivity index (χ2v) is 6.67. The highest BCUT2D eigenvalue weighted by atomic mass is 32.1. The molecule has 1 atom stereocenters. The third kappa shape index (κ3) is 3.74. The Balaban J connectivity index is 1.54. The molecule has 0 unspecified atom stereocenters. The second kappa shape index (κ2) is 6.46. The Bertz CT molecular complexity index is 621. The summed E-state index contributed by atoms with van der Waals surface area (Å²) in [7, 11) is 0. The van der Waals surface area contributed by atoms with Gasteiger partial charge in [-0.05, 0) is 19.8 Å². The minimum absolute atomic E-state index is 0.246. The number of ether oxygens (including phenoxy) is 1. The molecule has 7 nitrogen and oxygen atoms in total. The van der Waals surface area contributed by atoms with Gasteiger partial charge in [-0.25, -0.2) is 4.98 Å². The molecule has 0 aliphatic carbocycles. The van der Waals surface area contributed by atoms with Crippen molar-refractivity contribution in [3.05, 3.63) is 16.1 Å². The molecule has 1 fully saturated rings. The van der Waals surface area contributed by atoms with Gasteiger partial charge in [-0.15, -0.1) is 21.5 Å². The van der Waals surface area contributed by atoms with Gasteiger partial charge in [0.25, 0.3) is 5.91 Å². The van der Waals surface area contributed by atoms with E-state index in [-0.39, 0.29) is 12.0 Å². The van der Waals surface area contributed by atoms with Crippen LogP contribution in [0.25, 0.3) is 0 Å². The predicted octanol–water partition coefficient (Wildman–Crippen LogP) is 2.15. The number of aryl methyl sites for hydroxylation is 1. The highest BCUT2D eigenvalue weighted by Gasteiger charge is 2.17. The summed E-state index contributed by atoms with van der Waals surface area (Å²) in [6.45, 7) is 3.40. The lowest BCUT2D eigenvalue weighted by Gasteiger charge is -2.08. The average molecular weight is 325 g/mol. The van der Waals surface area contributed by atoms with Crippen LogP contribution in [0.3, 0.4) is 0 Å². The summed E-state index contributed by atoms with van der Waals surface area (Å²) < 4.78 is 5.53. The van der Waals surface area contributed by atoms with E-state index in [0.29, 0.717) is 10.8 Å². The number of carbonyl (C=O) groups excluding carboxylic acids is 1. The first-order chi connectivity index (χ1) is 10.2. The average Bonchev–Trinajstić information content (AvgIpc) is 3.17. The maximum atomic E-state index is 12.0. The Kier molecular flexibility index (Phi) is 4.42. The zero-order valence-electron chi connectivity index (χ0n) is 11.5. The molecule has 1 saturated heterocycles. The van der Waals surface area contributed by atoms with E-state index in [1.54, 1.807) is 5.38 Å². The van der Waals surface area contributed by atoms with Crippen molar-refractivity contribution in [2.75, 3.05) is 23.8 Å². The van der Waals surface area contributed by atoms with Crippen LogP contribution < -0.4 is 10.6 Å². The van der Waals surface area contributed by atoms with Crippen molar-refractivity contribution in [3.8, 4) is 0 Å². The van der Waals surface area contributed by atoms with Crippen molar-refractivity contribution < 1.29 is 9.53 Å². The molecule has 1 amide bonds. The van der Waals surface area contributed by atoms with Crippen LogP contribution >= 0.6 is 22.7 Å². The smallest absolute Gasteiger partial charge is 0.277 e. The molecule has 2 aromatic rings. The van der Waals surface area contributed by atoms with Crippen LogP contribution in [-0.2, 0) is 4.74 Å². The van der Waals surface area contributed by atoms with Crippen molar-refractivity contribution >= 4 is 38.8 Å². The Morgan fingerprint density at radius 2 is 2.38 bits per heavy atom. The molecule has 112 valence electrons. The minimum atomic E-state index is -0.271. The summed E-state index contributed by atoms with van der Waals surface area (Å²) in [5.41, 5.74) is 0.377. The van der Waals surface area contributed by atoms with Crippen LogP contribution in [0.5, 0.6) is 0 Å². The van der Waals surface area contributed by atoms with Gasteiger partial charge in [0.15, 0.2) is 5.13 Å². The Morgan fingerprint density at radius 1 is 1.48 bits per heavy atom. The summed E-state index contributed by atoms with van der Waals surface area (Å²) in [5.74, 6) is -0.271. The van der Waals surface area contributed by atoms with Gasteiger partial charge in [-0.1, -0.05) is 11.3 Å². The molecule has 0 radical (unpaired) electrons. The Labute approximate surface area is 129 Å². The van der Waals surface area contributed by atoms with Crippen LogP contribution in [0, 0.1) is 6.92 Å². The molecule has 9 heteroatoms. The van der Waals surface area contributed by atoms with Crippen LogP contribution in [0.1, 0.15) is 28.3 Å². The third-order valence-electron chi connectivity index (χ3n) is 2.99. The fraction of sp³-hybridized carbons (Fsp3) is 0.500. The van der Waals surface area contributed by atoms with Crippen LogP contribution in [0.15, 0.2) is 5.38 Å². The molecule has 2 N–H and O–H groups in total. The molecule has 21 heavy (non-hydrogen) atoms. The standard InChI is InChI=1S/C12H15N5O2S2/c1-7-16-17-12(21-7)15-10(18)9-6-20-11(14-9)13-5-8-3-2-4-19-8/h6,8H,2-5H2,1H3,(H,13,14)(H,15,17,18)/t8-/m0/s1.